The molecule has 0 aromatic carbocycles. The van der Waals surface area contributed by atoms with Crippen LogP contribution in [0.2, 0.25) is 0 Å². The van der Waals surface area contributed by atoms with Crippen molar-refractivity contribution in [3.8, 4) is 0 Å². The van der Waals surface area contributed by atoms with Crippen molar-refractivity contribution in [2.24, 2.45) is 0 Å². The summed E-state index contributed by atoms with van der Waals surface area (Å²) in [6.45, 7) is 3.85. The van der Waals surface area contributed by atoms with Gasteiger partial charge in [-0.25, -0.2) is 0 Å². The molecule has 26 heavy (non-hydrogen) atoms. The fourth-order valence-electron chi connectivity index (χ4n) is 3.28. The van der Waals surface area contributed by atoms with Gasteiger partial charge in [-0.3, -0.25) is 14.3 Å². The Balaban J connectivity index is 1.55. The van der Waals surface area contributed by atoms with Crippen molar-refractivity contribution in [1.82, 2.24) is 20.0 Å². The van der Waals surface area contributed by atoms with Crippen LogP contribution < -0.4 is 5.32 Å². The molecule has 140 valence electrons. The summed E-state index contributed by atoms with van der Waals surface area (Å²) in [5.74, 6) is 0.179. The van der Waals surface area contributed by atoms with E-state index in [1.54, 1.807) is 17.5 Å². The highest BCUT2D eigenvalue weighted by molar-refractivity contribution is 7.09. The third-order valence-electron chi connectivity index (χ3n) is 4.67. The second-order valence-electron chi connectivity index (χ2n) is 6.68. The van der Waals surface area contributed by atoms with Gasteiger partial charge in [0.05, 0.1) is 24.7 Å². The molecule has 0 saturated carbocycles. The smallest absolute Gasteiger partial charge is 0.222 e. The maximum Gasteiger partial charge on any atom is 0.222 e. The number of thiophene rings is 1. The van der Waals surface area contributed by atoms with Gasteiger partial charge in [0.25, 0.3) is 0 Å². The molecule has 0 saturated heterocycles. The van der Waals surface area contributed by atoms with E-state index in [1.165, 1.54) is 4.88 Å². The summed E-state index contributed by atoms with van der Waals surface area (Å²) in [5.41, 5.74) is 0.998. The van der Waals surface area contributed by atoms with Crippen LogP contribution in [0.4, 0.5) is 0 Å². The maximum atomic E-state index is 12.4. The Kier molecular flexibility index (Phi) is 6.44. The number of nitrogens with one attached hydrogen (secondary N) is 1. The summed E-state index contributed by atoms with van der Waals surface area (Å²) in [6, 6.07) is 5.93. The zero-order chi connectivity index (χ0) is 18.4. The molecule has 3 heterocycles. The number of hydrogen-bond acceptors (Lipinski definition) is 4. The zero-order valence-corrected chi connectivity index (χ0v) is 16.0. The molecular formula is C19H26N4O2S. The average molecular weight is 375 g/mol. The molecule has 2 aromatic heterocycles. The zero-order valence-electron chi connectivity index (χ0n) is 15.2. The van der Waals surface area contributed by atoms with E-state index in [-0.39, 0.29) is 17.9 Å². The number of nitrogens with zero attached hydrogens (tertiary/aromatic N) is 3. The molecule has 0 bridgehead atoms. The van der Waals surface area contributed by atoms with Crippen molar-refractivity contribution in [2.45, 2.75) is 51.6 Å². The first kappa shape index (κ1) is 18.6. The topological polar surface area (TPSA) is 67.2 Å². The molecule has 0 aliphatic carbocycles. The van der Waals surface area contributed by atoms with Crippen LogP contribution in [0.15, 0.2) is 29.8 Å². The lowest BCUT2D eigenvalue weighted by molar-refractivity contribution is -0.134. The van der Waals surface area contributed by atoms with Gasteiger partial charge in [-0.15, -0.1) is 11.3 Å². The van der Waals surface area contributed by atoms with Crippen LogP contribution in [0.25, 0.3) is 0 Å². The molecule has 2 amide bonds. The number of aromatic nitrogens is 2. The lowest BCUT2D eigenvalue weighted by Crippen LogP contribution is -2.43. The van der Waals surface area contributed by atoms with E-state index in [0.29, 0.717) is 32.5 Å². The van der Waals surface area contributed by atoms with Crippen molar-refractivity contribution in [2.75, 3.05) is 13.1 Å². The summed E-state index contributed by atoms with van der Waals surface area (Å²) < 4.78 is 1.91. The van der Waals surface area contributed by atoms with Gasteiger partial charge in [-0.05, 0) is 30.4 Å². The van der Waals surface area contributed by atoms with Gasteiger partial charge in [0.1, 0.15) is 0 Å². The van der Waals surface area contributed by atoms with Crippen molar-refractivity contribution in [3.63, 3.8) is 0 Å². The van der Waals surface area contributed by atoms with Crippen molar-refractivity contribution in [3.05, 3.63) is 40.3 Å². The second-order valence-corrected chi connectivity index (χ2v) is 7.71. The molecule has 3 rings (SSSR count). The average Bonchev–Trinajstić information content (AvgIpc) is 3.31. The highest BCUT2D eigenvalue weighted by Gasteiger charge is 2.29. The molecule has 0 fully saturated rings. The van der Waals surface area contributed by atoms with E-state index < -0.39 is 0 Å². The van der Waals surface area contributed by atoms with Crippen LogP contribution in [-0.2, 0) is 22.6 Å². The van der Waals surface area contributed by atoms with Crippen LogP contribution in [-0.4, -0.2) is 39.6 Å². The standard InChI is InChI=1S/C19H26N4O2S/c1-2-3-6-19(25)22-13-15-7-10-21-23(15)16(14-22)12-18(24)20-9-8-17-5-4-11-26-17/h4-5,7,10-11,16H,2-3,6,8-9,12-14H2,1H3,(H,20,24). The summed E-state index contributed by atoms with van der Waals surface area (Å²) in [7, 11) is 0. The Morgan fingerprint density at radius 3 is 3.04 bits per heavy atom. The maximum absolute atomic E-state index is 12.4. The molecule has 1 aliphatic rings. The largest absolute Gasteiger partial charge is 0.356 e. The Bertz CT molecular complexity index is 726. The van der Waals surface area contributed by atoms with E-state index in [4.69, 9.17) is 0 Å². The molecule has 7 heteroatoms. The molecule has 1 unspecified atom stereocenters. The van der Waals surface area contributed by atoms with E-state index in [1.807, 2.05) is 27.1 Å². The van der Waals surface area contributed by atoms with Crippen LogP contribution >= 0.6 is 11.3 Å². The fourth-order valence-corrected chi connectivity index (χ4v) is 3.99. The minimum atomic E-state index is -0.0962. The SMILES string of the molecule is CCCCC(=O)N1Cc2ccnn2C(CC(=O)NCCc2cccs2)C1. The van der Waals surface area contributed by atoms with Gasteiger partial charge in [-0.1, -0.05) is 19.4 Å². The molecule has 1 N–H and O–H groups in total. The number of carbonyl (C=O) groups is 2. The molecule has 6 nitrogen and oxygen atoms in total. The quantitative estimate of drug-likeness (QED) is 0.773. The second kappa shape index (κ2) is 8.98. The minimum Gasteiger partial charge on any atom is -0.356 e. The highest BCUT2D eigenvalue weighted by atomic mass is 32.1. The number of hydrogen-bond donors (Lipinski definition) is 1. The Morgan fingerprint density at radius 1 is 1.38 bits per heavy atom. The number of rotatable bonds is 8. The summed E-state index contributed by atoms with van der Waals surface area (Å²) in [6.07, 6.45) is 5.43. The van der Waals surface area contributed by atoms with Crippen molar-refractivity contribution in [1.29, 1.82) is 0 Å². The normalized spacial score (nSPS) is 16.3. The van der Waals surface area contributed by atoms with Crippen LogP contribution in [0.1, 0.15) is 49.2 Å². The molecular weight excluding hydrogens is 348 g/mol. The Hall–Kier alpha value is -2.15. The first-order valence-electron chi connectivity index (χ1n) is 9.26. The van der Waals surface area contributed by atoms with Gasteiger partial charge in [-0.2, -0.15) is 5.10 Å². The summed E-state index contributed by atoms with van der Waals surface area (Å²) in [5, 5.41) is 9.41. The predicted molar refractivity (Wildman–Crippen MR) is 102 cm³/mol. The van der Waals surface area contributed by atoms with Gasteiger partial charge in [0, 0.05) is 30.6 Å². The number of carbonyl (C=O) groups excluding carboxylic acids is 2. The number of amides is 2. The van der Waals surface area contributed by atoms with E-state index in [2.05, 4.69) is 23.4 Å². The first-order valence-corrected chi connectivity index (χ1v) is 10.1. The Labute approximate surface area is 158 Å². The monoisotopic (exact) mass is 374 g/mol. The van der Waals surface area contributed by atoms with Crippen molar-refractivity contribution >= 4 is 23.2 Å². The van der Waals surface area contributed by atoms with Gasteiger partial charge >= 0.3 is 0 Å². The fraction of sp³-hybridized carbons (Fsp3) is 0.526. The summed E-state index contributed by atoms with van der Waals surface area (Å²) in [4.78, 5) is 27.9. The first-order chi connectivity index (χ1) is 12.7. The Morgan fingerprint density at radius 2 is 2.27 bits per heavy atom. The predicted octanol–water partition coefficient (Wildman–Crippen LogP) is 2.77. The molecule has 1 atom stereocenters. The molecule has 2 aromatic rings. The highest BCUT2D eigenvalue weighted by Crippen LogP contribution is 2.23. The van der Waals surface area contributed by atoms with E-state index in [0.717, 1.165) is 25.0 Å². The van der Waals surface area contributed by atoms with Crippen LogP contribution in [0, 0.1) is 0 Å². The lowest BCUT2D eigenvalue weighted by atomic mass is 10.1. The van der Waals surface area contributed by atoms with E-state index >= 15 is 0 Å². The van der Waals surface area contributed by atoms with Gasteiger partial charge < -0.3 is 10.2 Å². The van der Waals surface area contributed by atoms with Gasteiger partial charge in [0.15, 0.2) is 0 Å². The van der Waals surface area contributed by atoms with Crippen LogP contribution in [0.3, 0.4) is 0 Å². The minimum absolute atomic E-state index is 0.0101. The molecule has 0 radical (unpaired) electrons. The van der Waals surface area contributed by atoms with Crippen LogP contribution in [0.5, 0.6) is 0 Å². The van der Waals surface area contributed by atoms with E-state index in [9.17, 15) is 9.59 Å². The molecule has 0 spiro atoms. The molecule has 1 aliphatic heterocycles. The van der Waals surface area contributed by atoms with Gasteiger partial charge in [0.2, 0.25) is 11.8 Å². The summed E-state index contributed by atoms with van der Waals surface area (Å²) >= 11 is 1.70. The number of fused-ring (bicyclic) bond motifs is 1. The third kappa shape index (κ3) is 4.72. The lowest BCUT2D eigenvalue weighted by Gasteiger charge is -2.33. The number of unbranched alkanes of at least 4 members (excludes halogenated alkanes) is 1. The third-order valence-corrected chi connectivity index (χ3v) is 5.61. The van der Waals surface area contributed by atoms with Crippen molar-refractivity contribution < 1.29 is 9.59 Å².